The minimum absolute atomic E-state index is 0.0839. The van der Waals surface area contributed by atoms with Crippen molar-refractivity contribution in [2.45, 2.75) is 37.0 Å². The van der Waals surface area contributed by atoms with E-state index in [1.165, 1.54) is 18.9 Å². The predicted octanol–water partition coefficient (Wildman–Crippen LogP) is 3.41. The molecular formula is C21H28O5S2. The molecule has 0 heterocycles. The number of benzene rings is 1. The zero-order valence-electron chi connectivity index (χ0n) is 16.1. The van der Waals surface area contributed by atoms with E-state index < -0.39 is 6.10 Å². The van der Waals surface area contributed by atoms with Crippen LogP contribution in [0.5, 0.6) is 0 Å². The third-order valence-electron chi connectivity index (χ3n) is 4.64. The molecule has 0 bridgehead atoms. The van der Waals surface area contributed by atoms with Gasteiger partial charge in [-0.15, -0.1) is 0 Å². The van der Waals surface area contributed by atoms with Crippen molar-refractivity contribution in [1.29, 1.82) is 0 Å². The van der Waals surface area contributed by atoms with E-state index in [1.807, 2.05) is 30.3 Å². The summed E-state index contributed by atoms with van der Waals surface area (Å²) in [6.45, 7) is 0. The van der Waals surface area contributed by atoms with Crippen molar-refractivity contribution in [3.63, 3.8) is 0 Å². The Morgan fingerprint density at radius 1 is 1.29 bits per heavy atom. The van der Waals surface area contributed by atoms with Gasteiger partial charge in [0.15, 0.2) is 0 Å². The van der Waals surface area contributed by atoms with Crippen LogP contribution in [0.4, 0.5) is 0 Å². The van der Waals surface area contributed by atoms with E-state index in [0.717, 1.165) is 23.5 Å². The number of Topliss-reactive ketones (excluding diaryl/α,β-unsaturated/α-hetero) is 1. The Bertz CT molecular complexity index is 662. The van der Waals surface area contributed by atoms with Crippen molar-refractivity contribution < 1.29 is 24.5 Å². The number of hydrogen-bond donors (Lipinski definition) is 2. The lowest BCUT2D eigenvalue weighted by atomic mass is 10.00. The number of ether oxygens (including phenoxy) is 1. The van der Waals surface area contributed by atoms with Gasteiger partial charge in [-0.2, -0.15) is 23.5 Å². The molecule has 0 aliphatic heterocycles. The summed E-state index contributed by atoms with van der Waals surface area (Å²) in [4.78, 5) is 23.3. The molecule has 2 N–H and O–H groups in total. The average Bonchev–Trinajstić information content (AvgIpc) is 2.96. The van der Waals surface area contributed by atoms with Crippen LogP contribution in [0.3, 0.4) is 0 Å². The number of rotatable bonds is 11. The zero-order chi connectivity index (χ0) is 20.4. The lowest BCUT2D eigenvalue weighted by Gasteiger charge is -2.19. The van der Waals surface area contributed by atoms with Crippen LogP contribution in [0.2, 0.25) is 0 Å². The Morgan fingerprint density at radius 3 is 2.75 bits per heavy atom. The molecule has 7 heteroatoms. The second kappa shape index (κ2) is 12.2. The van der Waals surface area contributed by atoms with Gasteiger partial charge < -0.3 is 14.9 Å². The predicted molar refractivity (Wildman–Crippen MR) is 115 cm³/mol. The van der Waals surface area contributed by atoms with Crippen molar-refractivity contribution >= 4 is 35.3 Å². The summed E-state index contributed by atoms with van der Waals surface area (Å²) in [6, 6.07) is 9.70. The molecule has 0 spiro atoms. The highest BCUT2D eigenvalue weighted by molar-refractivity contribution is 8.01. The molecule has 28 heavy (non-hydrogen) atoms. The summed E-state index contributed by atoms with van der Waals surface area (Å²) in [6.07, 6.45) is 3.09. The summed E-state index contributed by atoms with van der Waals surface area (Å²) < 4.78 is 4.60. The molecule has 3 atom stereocenters. The Labute approximate surface area is 174 Å². The molecule has 0 radical (unpaired) electrons. The summed E-state index contributed by atoms with van der Waals surface area (Å²) in [5, 5.41) is 20.2. The molecule has 0 aromatic heterocycles. The van der Waals surface area contributed by atoms with Gasteiger partial charge in [0.2, 0.25) is 0 Å². The van der Waals surface area contributed by atoms with E-state index in [-0.39, 0.29) is 35.1 Å². The summed E-state index contributed by atoms with van der Waals surface area (Å²) in [5.41, 5.74) is 1.02. The topological polar surface area (TPSA) is 83.8 Å². The van der Waals surface area contributed by atoms with E-state index in [0.29, 0.717) is 18.6 Å². The molecule has 1 aromatic rings. The number of allylic oxidation sites excluding steroid dienone is 2. The number of ketones is 1. The number of carbonyl (C=O) groups excluding carboxylic acids is 2. The molecule has 2 rings (SSSR count). The number of hydrogen-bond acceptors (Lipinski definition) is 7. The van der Waals surface area contributed by atoms with E-state index in [2.05, 4.69) is 4.74 Å². The van der Waals surface area contributed by atoms with Gasteiger partial charge >= 0.3 is 5.97 Å². The first-order valence-corrected chi connectivity index (χ1v) is 11.6. The smallest absolute Gasteiger partial charge is 0.315 e. The Balaban J connectivity index is 1.78. The first-order chi connectivity index (χ1) is 13.5. The highest BCUT2D eigenvalue weighted by Gasteiger charge is 2.40. The Morgan fingerprint density at radius 2 is 2.04 bits per heavy atom. The molecule has 1 saturated carbocycles. The minimum atomic E-state index is -0.653. The fourth-order valence-corrected chi connectivity index (χ4v) is 5.49. The molecular weight excluding hydrogens is 396 g/mol. The fourth-order valence-electron chi connectivity index (χ4n) is 3.15. The molecule has 0 unspecified atom stereocenters. The van der Waals surface area contributed by atoms with Crippen LogP contribution in [0.25, 0.3) is 0 Å². The summed E-state index contributed by atoms with van der Waals surface area (Å²) in [5.74, 6) is 1.92. The molecule has 1 aliphatic rings. The van der Waals surface area contributed by atoms with Crippen LogP contribution >= 0.6 is 23.5 Å². The summed E-state index contributed by atoms with van der Waals surface area (Å²) in [7, 11) is 1.38. The molecule has 154 valence electrons. The van der Waals surface area contributed by atoms with Crippen LogP contribution in [0.15, 0.2) is 42.2 Å². The highest BCUT2D eigenvalue weighted by atomic mass is 32.2. The number of aliphatic hydroxyl groups excluding tert-OH is 2. The molecule has 1 aliphatic carbocycles. The standard InChI is InChI=1S/C21H28O5S2/c1-26-20(25)14-27-10-5-11-28-21-17(18(23)13-19(21)24)9-8-16(22)12-15-6-3-2-4-7-15/h2-4,6-8,17-18,21-23H,5,9-14H2,1H3/b16-8+/t17-,18+,21+/m0/s1. The monoisotopic (exact) mass is 424 g/mol. The van der Waals surface area contributed by atoms with E-state index in [1.54, 1.807) is 17.8 Å². The molecule has 0 saturated heterocycles. The van der Waals surface area contributed by atoms with Gasteiger partial charge in [0, 0.05) is 18.8 Å². The van der Waals surface area contributed by atoms with Gasteiger partial charge in [-0.05, 0) is 36.0 Å². The van der Waals surface area contributed by atoms with Crippen LogP contribution in [0.1, 0.15) is 24.8 Å². The molecule has 5 nitrogen and oxygen atoms in total. The maximum atomic E-state index is 12.2. The Hall–Kier alpha value is -1.44. The third kappa shape index (κ3) is 7.53. The van der Waals surface area contributed by atoms with Gasteiger partial charge in [0.05, 0.1) is 30.0 Å². The molecule has 1 aromatic carbocycles. The van der Waals surface area contributed by atoms with Gasteiger partial charge in [0.1, 0.15) is 5.78 Å². The Kier molecular flexibility index (Phi) is 9.95. The maximum absolute atomic E-state index is 12.2. The van der Waals surface area contributed by atoms with E-state index in [9.17, 15) is 19.8 Å². The van der Waals surface area contributed by atoms with Crippen molar-refractivity contribution in [1.82, 2.24) is 0 Å². The third-order valence-corrected chi connectivity index (χ3v) is 7.16. The van der Waals surface area contributed by atoms with Crippen LogP contribution in [0, 0.1) is 5.92 Å². The van der Waals surface area contributed by atoms with E-state index >= 15 is 0 Å². The molecule has 1 fully saturated rings. The second-order valence-electron chi connectivity index (χ2n) is 6.77. The van der Waals surface area contributed by atoms with Gasteiger partial charge in [-0.1, -0.05) is 30.3 Å². The highest BCUT2D eigenvalue weighted by Crippen LogP contribution is 2.36. The SMILES string of the molecule is COC(=O)CSCCCS[C@H]1C(=O)C[C@@H](O)[C@@H]1C/C=C(/O)Cc1ccccc1. The normalized spacial score (nSPS) is 22.4. The first kappa shape index (κ1) is 22.8. The quantitative estimate of drug-likeness (QED) is 0.320. The zero-order valence-corrected chi connectivity index (χ0v) is 17.7. The molecule has 0 amide bonds. The van der Waals surface area contributed by atoms with Crippen LogP contribution < -0.4 is 0 Å². The number of methoxy groups -OCH3 is 1. The minimum Gasteiger partial charge on any atom is -0.512 e. The van der Waals surface area contributed by atoms with Gasteiger partial charge in [-0.3, -0.25) is 9.59 Å². The van der Waals surface area contributed by atoms with E-state index in [4.69, 9.17) is 0 Å². The number of aliphatic hydroxyl groups is 2. The van der Waals surface area contributed by atoms with Gasteiger partial charge in [-0.25, -0.2) is 0 Å². The second-order valence-corrected chi connectivity index (χ2v) is 9.12. The van der Waals surface area contributed by atoms with Crippen molar-refractivity contribution in [2.75, 3.05) is 24.4 Å². The summed E-state index contributed by atoms with van der Waals surface area (Å²) >= 11 is 3.10. The number of esters is 1. The van der Waals surface area contributed by atoms with Crippen molar-refractivity contribution in [3.8, 4) is 0 Å². The average molecular weight is 425 g/mol. The largest absolute Gasteiger partial charge is 0.512 e. The van der Waals surface area contributed by atoms with Crippen LogP contribution in [-0.4, -0.2) is 57.7 Å². The van der Waals surface area contributed by atoms with Crippen LogP contribution in [-0.2, 0) is 20.7 Å². The number of carbonyl (C=O) groups is 2. The maximum Gasteiger partial charge on any atom is 0.315 e. The lowest BCUT2D eigenvalue weighted by Crippen LogP contribution is -2.23. The first-order valence-electron chi connectivity index (χ1n) is 9.40. The van der Waals surface area contributed by atoms with Crippen molar-refractivity contribution in [2.24, 2.45) is 5.92 Å². The van der Waals surface area contributed by atoms with Gasteiger partial charge in [0.25, 0.3) is 0 Å². The van der Waals surface area contributed by atoms with Crippen molar-refractivity contribution in [3.05, 3.63) is 47.7 Å². The fraction of sp³-hybridized carbons (Fsp3) is 0.524. The number of thioether (sulfide) groups is 2. The lowest BCUT2D eigenvalue weighted by molar-refractivity contribution is -0.137.